The lowest BCUT2D eigenvalue weighted by molar-refractivity contribution is 0.210. The number of aryl methyl sites for hydroxylation is 1. The van der Waals surface area contributed by atoms with Gasteiger partial charge in [0.25, 0.3) is 0 Å². The van der Waals surface area contributed by atoms with Gasteiger partial charge < -0.3 is 10.2 Å². The van der Waals surface area contributed by atoms with E-state index in [0.29, 0.717) is 0 Å². The van der Waals surface area contributed by atoms with Crippen molar-refractivity contribution in [2.75, 3.05) is 26.0 Å². The highest BCUT2D eigenvalue weighted by atomic mass is 15.2. The molecule has 1 aromatic carbocycles. The van der Waals surface area contributed by atoms with Crippen molar-refractivity contribution >= 4 is 5.69 Å². The molecule has 92 valence electrons. The minimum absolute atomic E-state index is 0.0990. The summed E-state index contributed by atoms with van der Waals surface area (Å²) in [5.41, 5.74) is 2.92. The Morgan fingerprint density at radius 1 is 1.35 bits per heavy atom. The standard InChI is InChI=1S/C14H21N3/c1-11-8-13(7-6-12(11)9-15)16-10-14(2,3)17(4)5/h6-8,16H,10H2,1-5H3. The Bertz CT molecular complexity index is 428. The minimum atomic E-state index is 0.0990. The van der Waals surface area contributed by atoms with Gasteiger partial charge >= 0.3 is 0 Å². The maximum Gasteiger partial charge on any atom is 0.0994 e. The first-order valence-electron chi connectivity index (χ1n) is 5.79. The summed E-state index contributed by atoms with van der Waals surface area (Å²) in [5.74, 6) is 0. The van der Waals surface area contributed by atoms with Gasteiger partial charge in [-0.2, -0.15) is 5.26 Å². The summed E-state index contributed by atoms with van der Waals surface area (Å²) in [7, 11) is 4.15. The average molecular weight is 231 g/mol. The third kappa shape index (κ3) is 3.47. The SMILES string of the molecule is Cc1cc(NCC(C)(C)N(C)C)ccc1C#N. The molecule has 0 amide bonds. The van der Waals surface area contributed by atoms with Crippen molar-refractivity contribution in [2.24, 2.45) is 0 Å². The lowest BCUT2D eigenvalue weighted by Crippen LogP contribution is -2.44. The highest BCUT2D eigenvalue weighted by Crippen LogP contribution is 2.16. The van der Waals surface area contributed by atoms with Crippen molar-refractivity contribution in [1.29, 1.82) is 5.26 Å². The molecule has 3 heteroatoms. The van der Waals surface area contributed by atoms with E-state index in [1.165, 1.54) is 0 Å². The van der Waals surface area contributed by atoms with Crippen molar-refractivity contribution in [3.8, 4) is 6.07 Å². The molecule has 3 nitrogen and oxygen atoms in total. The predicted molar refractivity (Wildman–Crippen MR) is 72.1 cm³/mol. The van der Waals surface area contributed by atoms with Gasteiger partial charge in [0, 0.05) is 17.8 Å². The molecule has 0 saturated carbocycles. The van der Waals surface area contributed by atoms with Crippen LogP contribution in [0, 0.1) is 18.3 Å². The number of nitrogens with zero attached hydrogens (tertiary/aromatic N) is 2. The summed E-state index contributed by atoms with van der Waals surface area (Å²) in [5, 5.41) is 12.3. The molecule has 0 saturated heterocycles. The molecule has 0 heterocycles. The van der Waals surface area contributed by atoms with Crippen molar-refractivity contribution in [1.82, 2.24) is 4.90 Å². The number of nitriles is 1. The molecule has 0 radical (unpaired) electrons. The monoisotopic (exact) mass is 231 g/mol. The van der Waals surface area contributed by atoms with Crippen LogP contribution in [0.2, 0.25) is 0 Å². The number of benzene rings is 1. The van der Waals surface area contributed by atoms with Crippen molar-refractivity contribution in [3.05, 3.63) is 29.3 Å². The van der Waals surface area contributed by atoms with Crippen LogP contribution in [0.15, 0.2) is 18.2 Å². The van der Waals surface area contributed by atoms with E-state index in [1.54, 1.807) is 0 Å². The summed E-state index contributed by atoms with van der Waals surface area (Å²) in [4.78, 5) is 2.19. The van der Waals surface area contributed by atoms with Gasteiger partial charge in [-0.1, -0.05) is 0 Å². The van der Waals surface area contributed by atoms with Crippen LogP contribution >= 0.6 is 0 Å². The van der Waals surface area contributed by atoms with E-state index in [-0.39, 0.29) is 5.54 Å². The first kappa shape index (κ1) is 13.5. The Hall–Kier alpha value is -1.53. The molecular formula is C14H21N3. The molecule has 0 aliphatic carbocycles. The van der Waals surface area contributed by atoms with E-state index in [0.717, 1.165) is 23.4 Å². The van der Waals surface area contributed by atoms with E-state index in [1.807, 2.05) is 25.1 Å². The zero-order chi connectivity index (χ0) is 13.1. The largest absolute Gasteiger partial charge is 0.383 e. The van der Waals surface area contributed by atoms with Crippen LogP contribution in [0.4, 0.5) is 5.69 Å². The Kier molecular flexibility index (Phi) is 4.14. The van der Waals surface area contributed by atoms with Crippen LogP contribution in [0.5, 0.6) is 0 Å². The highest BCUT2D eigenvalue weighted by Gasteiger charge is 2.19. The summed E-state index contributed by atoms with van der Waals surface area (Å²) in [6.07, 6.45) is 0. The van der Waals surface area contributed by atoms with Gasteiger partial charge in [0.05, 0.1) is 11.6 Å². The molecule has 0 aliphatic heterocycles. The fourth-order valence-electron chi connectivity index (χ4n) is 1.38. The number of likely N-dealkylation sites (N-methyl/N-ethyl adjacent to an activating group) is 1. The molecule has 0 bridgehead atoms. The van der Waals surface area contributed by atoms with Gasteiger partial charge in [-0.15, -0.1) is 0 Å². The van der Waals surface area contributed by atoms with Gasteiger partial charge in [0.1, 0.15) is 0 Å². The van der Waals surface area contributed by atoms with Crippen LogP contribution in [0.3, 0.4) is 0 Å². The summed E-state index contributed by atoms with van der Waals surface area (Å²) >= 11 is 0. The van der Waals surface area contributed by atoms with Crippen LogP contribution in [-0.2, 0) is 0 Å². The van der Waals surface area contributed by atoms with Crippen molar-refractivity contribution in [3.63, 3.8) is 0 Å². The van der Waals surface area contributed by atoms with Gasteiger partial charge in [0.15, 0.2) is 0 Å². The first-order chi connectivity index (χ1) is 7.86. The van der Waals surface area contributed by atoms with Gasteiger partial charge in [0.2, 0.25) is 0 Å². The molecule has 17 heavy (non-hydrogen) atoms. The second-order valence-electron chi connectivity index (χ2n) is 5.20. The summed E-state index contributed by atoms with van der Waals surface area (Å²) in [6.45, 7) is 7.21. The van der Waals surface area contributed by atoms with Crippen LogP contribution in [-0.4, -0.2) is 31.1 Å². The molecule has 1 N–H and O–H groups in total. The van der Waals surface area contributed by atoms with Gasteiger partial charge in [-0.3, -0.25) is 0 Å². The predicted octanol–water partition coefficient (Wildman–Crippen LogP) is 2.62. The summed E-state index contributed by atoms with van der Waals surface area (Å²) < 4.78 is 0. The van der Waals surface area contributed by atoms with Crippen LogP contribution in [0.25, 0.3) is 0 Å². The van der Waals surface area contributed by atoms with Gasteiger partial charge in [-0.05, 0) is 58.6 Å². The minimum Gasteiger partial charge on any atom is -0.383 e. The van der Waals surface area contributed by atoms with E-state index < -0.39 is 0 Å². The van der Waals surface area contributed by atoms with E-state index in [9.17, 15) is 0 Å². The fourth-order valence-corrected chi connectivity index (χ4v) is 1.38. The Morgan fingerprint density at radius 3 is 2.47 bits per heavy atom. The molecule has 1 aromatic rings. The molecule has 0 aromatic heterocycles. The first-order valence-corrected chi connectivity index (χ1v) is 5.79. The third-order valence-corrected chi connectivity index (χ3v) is 3.28. The number of anilines is 1. The zero-order valence-electron chi connectivity index (χ0n) is 11.3. The van der Waals surface area contributed by atoms with E-state index >= 15 is 0 Å². The smallest absolute Gasteiger partial charge is 0.0994 e. The number of hydrogen-bond donors (Lipinski definition) is 1. The highest BCUT2D eigenvalue weighted by molar-refractivity contribution is 5.51. The van der Waals surface area contributed by atoms with Crippen LogP contribution in [0.1, 0.15) is 25.0 Å². The Labute approximate surface area is 104 Å². The van der Waals surface area contributed by atoms with Crippen molar-refractivity contribution < 1.29 is 0 Å². The van der Waals surface area contributed by atoms with E-state index in [2.05, 4.69) is 44.2 Å². The zero-order valence-corrected chi connectivity index (χ0v) is 11.3. The molecule has 0 atom stereocenters. The van der Waals surface area contributed by atoms with E-state index in [4.69, 9.17) is 5.26 Å². The number of rotatable bonds is 4. The molecule has 1 rings (SSSR count). The number of hydrogen-bond acceptors (Lipinski definition) is 3. The fraction of sp³-hybridized carbons (Fsp3) is 0.500. The number of nitrogens with one attached hydrogen (secondary N) is 1. The third-order valence-electron chi connectivity index (χ3n) is 3.28. The van der Waals surface area contributed by atoms with Gasteiger partial charge in [-0.25, -0.2) is 0 Å². The quantitative estimate of drug-likeness (QED) is 0.865. The Morgan fingerprint density at radius 2 is 2.00 bits per heavy atom. The van der Waals surface area contributed by atoms with Crippen molar-refractivity contribution in [2.45, 2.75) is 26.3 Å². The maximum absolute atomic E-state index is 8.86. The van der Waals surface area contributed by atoms with Crippen LogP contribution < -0.4 is 5.32 Å². The Balaban J connectivity index is 2.72. The normalized spacial score (nSPS) is 11.4. The summed E-state index contributed by atoms with van der Waals surface area (Å²) in [6, 6.07) is 8.01. The lowest BCUT2D eigenvalue weighted by Gasteiger charge is -2.33. The molecule has 0 fully saturated rings. The second-order valence-corrected chi connectivity index (χ2v) is 5.20. The molecule has 0 spiro atoms. The lowest BCUT2D eigenvalue weighted by atomic mass is 10.0. The topological polar surface area (TPSA) is 39.1 Å². The maximum atomic E-state index is 8.86. The molecule has 0 aliphatic rings. The molecular weight excluding hydrogens is 210 g/mol. The molecule has 0 unspecified atom stereocenters. The second kappa shape index (κ2) is 5.20. The average Bonchev–Trinajstić information content (AvgIpc) is 2.26.